The molecule has 8 aromatic rings. The average Bonchev–Trinajstić information content (AvgIpc) is 3.60. The number of hydrogen-bond donors (Lipinski definition) is 0. The Bertz CT molecular complexity index is 2480. The molecular formula is C43H30N6S. The highest BCUT2D eigenvalue weighted by Crippen LogP contribution is 2.48. The topological polar surface area (TPSA) is 76.8 Å². The van der Waals surface area contributed by atoms with Gasteiger partial charge in [-0.3, -0.25) is 19.9 Å². The van der Waals surface area contributed by atoms with Crippen molar-refractivity contribution in [1.82, 2.24) is 24.9 Å². The smallest absolute Gasteiger partial charge is 0.0900 e. The normalized spacial score (nSPS) is 11.8. The molecule has 0 aliphatic heterocycles. The second-order valence-corrected chi connectivity index (χ2v) is 12.6. The van der Waals surface area contributed by atoms with Crippen LogP contribution < -0.4 is 0 Å². The van der Waals surface area contributed by atoms with Gasteiger partial charge in [0.15, 0.2) is 0 Å². The molecule has 0 saturated carbocycles. The largest absolute Gasteiger partial charge is 0.263 e. The van der Waals surface area contributed by atoms with Crippen LogP contribution in [0.4, 0.5) is 0 Å². The van der Waals surface area contributed by atoms with E-state index in [2.05, 4.69) is 82.3 Å². The first-order chi connectivity index (χ1) is 24.7. The number of rotatable bonds is 8. The Morgan fingerprint density at radius 3 is 1.84 bits per heavy atom. The molecule has 6 heterocycles. The molecule has 0 fully saturated rings. The van der Waals surface area contributed by atoms with Crippen molar-refractivity contribution >= 4 is 44.7 Å². The average molecular weight is 663 g/mol. The Hall–Kier alpha value is -6.44. The summed E-state index contributed by atoms with van der Waals surface area (Å²) in [6.45, 7) is 5.93. The van der Waals surface area contributed by atoms with Crippen LogP contribution in [0.5, 0.6) is 0 Å². The fraction of sp³-hybridized carbons (Fsp3) is 0.0233. The van der Waals surface area contributed by atoms with Crippen LogP contribution in [-0.2, 0) is 0 Å². The number of fused-ring (bicyclic) bond motifs is 3. The fourth-order valence-corrected chi connectivity index (χ4v) is 7.46. The number of nitrogens with zero attached hydrogens (tertiary/aromatic N) is 6. The molecule has 0 saturated heterocycles. The summed E-state index contributed by atoms with van der Waals surface area (Å²) in [5, 5.41) is 2.18. The summed E-state index contributed by atoms with van der Waals surface area (Å²) in [6, 6.07) is 38.8. The van der Waals surface area contributed by atoms with Crippen molar-refractivity contribution in [3.8, 4) is 56.4 Å². The molecule has 0 aliphatic rings. The van der Waals surface area contributed by atoms with Gasteiger partial charge in [-0.15, -0.1) is 11.3 Å². The minimum Gasteiger partial charge on any atom is -0.263 e. The van der Waals surface area contributed by atoms with Gasteiger partial charge in [-0.05, 0) is 85.4 Å². The van der Waals surface area contributed by atoms with Gasteiger partial charge in [-0.25, -0.2) is 9.97 Å². The molecule has 0 amide bonds. The lowest BCUT2D eigenvalue weighted by molar-refractivity contribution is 1.22. The molecule has 0 spiro atoms. The van der Waals surface area contributed by atoms with Crippen LogP contribution in [0.15, 0.2) is 157 Å². The van der Waals surface area contributed by atoms with Crippen LogP contribution >= 0.6 is 11.3 Å². The molecule has 0 radical (unpaired) electrons. The highest BCUT2D eigenvalue weighted by molar-refractivity contribution is 7.21. The second kappa shape index (κ2) is 13.6. The highest BCUT2D eigenvalue weighted by atomic mass is 32.1. The fourth-order valence-electron chi connectivity index (χ4n) is 6.14. The molecule has 0 atom stereocenters. The molecular weight excluding hydrogens is 633 g/mol. The van der Waals surface area contributed by atoms with Crippen LogP contribution in [0.2, 0.25) is 0 Å². The molecule has 50 heavy (non-hydrogen) atoms. The van der Waals surface area contributed by atoms with E-state index in [1.54, 1.807) is 23.7 Å². The highest BCUT2D eigenvalue weighted by Gasteiger charge is 2.23. The lowest BCUT2D eigenvalue weighted by Crippen LogP contribution is -1.94. The molecule has 8 rings (SSSR count). The number of thiophene rings is 1. The van der Waals surface area contributed by atoms with Crippen LogP contribution in [0.3, 0.4) is 0 Å². The first-order valence-electron chi connectivity index (χ1n) is 16.2. The monoisotopic (exact) mass is 662 g/mol. The number of pyridine rings is 5. The van der Waals surface area contributed by atoms with Gasteiger partial charge < -0.3 is 0 Å². The van der Waals surface area contributed by atoms with Crippen LogP contribution in [-0.4, -0.2) is 31.6 Å². The minimum atomic E-state index is 0.788. The summed E-state index contributed by atoms with van der Waals surface area (Å²) in [5.74, 6) is 0. The Labute approximate surface area is 294 Å². The van der Waals surface area contributed by atoms with Crippen molar-refractivity contribution < 1.29 is 0 Å². The van der Waals surface area contributed by atoms with E-state index in [-0.39, 0.29) is 0 Å². The molecule has 6 aromatic heterocycles. The van der Waals surface area contributed by atoms with Gasteiger partial charge in [0.2, 0.25) is 0 Å². The predicted octanol–water partition coefficient (Wildman–Crippen LogP) is 11.0. The zero-order chi connectivity index (χ0) is 33.9. The van der Waals surface area contributed by atoms with Gasteiger partial charge in [0, 0.05) is 40.5 Å². The van der Waals surface area contributed by atoms with Gasteiger partial charge in [0.05, 0.1) is 55.0 Å². The summed E-state index contributed by atoms with van der Waals surface area (Å²) in [6.07, 6.45) is 11.4. The van der Waals surface area contributed by atoms with E-state index in [9.17, 15) is 0 Å². The summed E-state index contributed by atoms with van der Waals surface area (Å²) in [4.78, 5) is 29.6. The zero-order valence-electron chi connectivity index (χ0n) is 27.2. The molecule has 2 aromatic carbocycles. The molecule has 7 heteroatoms. The van der Waals surface area contributed by atoms with E-state index in [1.807, 2.05) is 85.9 Å². The summed E-state index contributed by atoms with van der Waals surface area (Å²) >= 11 is 1.68. The van der Waals surface area contributed by atoms with E-state index in [4.69, 9.17) is 15.0 Å². The van der Waals surface area contributed by atoms with Crippen LogP contribution in [0.25, 0.3) is 83.1 Å². The van der Waals surface area contributed by atoms with E-state index in [0.29, 0.717) is 0 Å². The third-order valence-electron chi connectivity index (χ3n) is 8.47. The van der Waals surface area contributed by atoms with Gasteiger partial charge >= 0.3 is 0 Å². The van der Waals surface area contributed by atoms with Crippen molar-refractivity contribution in [2.24, 2.45) is 4.99 Å². The first-order valence-corrected chi connectivity index (χ1v) is 17.1. The van der Waals surface area contributed by atoms with Crippen molar-refractivity contribution in [1.29, 1.82) is 0 Å². The molecule has 0 bridgehead atoms. The third-order valence-corrected chi connectivity index (χ3v) is 9.69. The molecule has 0 aliphatic carbocycles. The van der Waals surface area contributed by atoms with E-state index in [1.165, 1.54) is 0 Å². The lowest BCUT2D eigenvalue weighted by atomic mass is 9.97. The number of benzene rings is 2. The Morgan fingerprint density at radius 2 is 1.24 bits per heavy atom. The predicted molar refractivity (Wildman–Crippen MR) is 208 cm³/mol. The molecule has 238 valence electrons. The van der Waals surface area contributed by atoms with Crippen molar-refractivity contribution in [2.75, 3.05) is 0 Å². The van der Waals surface area contributed by atoms with E-state index < -0.39 is 0 Å². The van der Waals surface area contributed by atoms with Crippen molar-refractivity contribution in [2.45, 2.75) is 6.92 Å². The minimum absolute atomic E-state index is 0.788. The third kappa shape index (κ3) is 5.80. The van der Waals surface area contributed by atoms with E-state index in [0.717, 1.165) is 88.0 Å². The van der Waals surface area contributed by atoms with Crippen LogP contribution in [0.1, 0.15) is 11.8 Å². The Morgan fingerprint density at radius 1 is 0.640 bits per heavy atom. The van der Waals surface area contributed by atoms with Gasteiger partial charge in [-0.2, -0.15) is 0 Å². The standard InChI is InChI=1S/C43H30N6S/c1-3-4-14-36(44-2)42-40(35-18-9-12-25-47-35)39-31-13-5-6-15-32(31)49-41(43(39)50-42)29-21-19-28(20-22-29)30-26-37(33-16-7-10-23-45-33)48-38(27-30)34-17-8-11-24-46-34/h3-27H,2H2,1H3/b4-3-,36-14-. The first kappa shape index (κ1) is 30.9. The summed E-state index contributed by atoms with van der Waals surface area (Å²) in [5.41, 5.74) is 10.8. The maximum absolute atomic E-state index is 5.26. The zero-order valence-corrected chi connectivity index (χ0v) is 28.0. The number of aliphatic imine (C=N–C) groups is 1. The maximum atomic E-state index is 5.26. The van der Waals surface area contributed by atoms with Gasteiger partial charge in [0.25, 0.3) is 0 Å². The second-order valence-electron chi connectivity index (χ2n) is 11.6. The molecule has 6 nitrogen and oxygen atoms in total. The quantitative estimate of drug-likeness (QED) is 0.120. The maximum Gasteiger partial charge on any atom is 0.0900 e. The molecule has 0 unspecified atom stereocenters. The summed E-state index contributed by atoms with van der Waals surface area (Å²) in [7, 11) is 0. The SMILES string of the molecule is C=N/C(=C\C=C/C)c1sc2c(-c3ccc(-c4cc(-c5ccccn5)nc(-c5ccccn5)c4)cc3)nc3ccccc3c2c1-c1ccccn1. The summed E-state index contributed by atoms with van der Waals surface area (Å²) < 4.78 is 1.07. The molecule has 0 N–H and O–H groups in total. The van der Waals surface area contributed by atoms with Crippen molar-refractivity contribution in [3.05, 3.63) is 157 Å². The Balaban J connectivity index is 1.32. The van der Waals surface area contributed by atoms with Crippen molar-refractivity contribution in [3.63, 3.8) is 0 Å². The number of para-hydroxylation sites is 1. The number of allylic oxidation sites excluding steroid dienone is 3. The number of hydrogen-bond acceptors (Lipinski definition) is 7. The Kier molecular flexibility index (Phi) is 8.39. The lowest BCUT2D eigenvalue weighted by Gasteiger charge is -2.11. The van der Waals surface area contributed by atoms with Gasteiger partial charge in [-0.1, -0.05) is 72.8 Å². The van der Waals surface area contributed by atoms with E-state index >= 15 is 0 Å². The van der Waals surface area contributed by atoms with Crippen LogP contribution in [0, 0.1) is 0 Å². The van der Waals surface area contributed by atoms with Gasteiger partial charge in [0.1, 0.15) is 0 Å². The number of aromatic nitrogens is 5.